The Morgan fingerprint density at radius 2 is 1.49 bits per heavy atom. The van der Waals surface area contributed by atoms with E-state index in [1.807, 2.05) is 29.2 Å². The van der Waals surface area contributed by atoms with Crippen LogP contribution in [0.4, 0.5) is 0 Å². The third kappa shape index (κ3) is 4.87. The van der Waals surface area contributed by atoms with E-state index in [-0.39, 0.29) is 0 Å². The Kier molecular flexibility index (Phi) is 6.58. The zero-order valence-corrected chi connectivity index (χ0v) is 25.2. The van der Waals surface area contributed by atoms with Gasteiger partial charge >= 0.3 is 0 Å². The molecule has 7 rings (SSSR count). The fourth-order valence-corrected chi connectivity index (χ4v) is 6.35. The fourth-order valence-electron chi connectivity index (χ4n) is 6.35. The van der Waals surface area contributed by atoms with Crippen LogP contribution in [0.25, 0.3) is 44.4 Å². The van der Waals surface area contributed by atoms with Gasteiger partial charge in [0.2, 0.25) is 0 Å². The second kappa shape index (κ2) is 10.6. The lowest BCUT2D eigenvalue weighted by atomic mass is 9.96. The second-order valence-electron chi connectivity index (χ2n) is 11.5. The molecule has 4 aromatic carbocycles. The van der Waals surface area contributed by atoms with Gasteiger partial charge in [-0.1, -0.05) is 42.8 Å². The van der Waals surface area contributed by atoms with E-state index >= 15 is 0 Å². The number of aromatic nitrogens is 4. The molecule has 3 aromatic heterocycles. The molecule has 0 N–H and O–H groups in total. The van der Waals surface area contributed by atoms with Crippen molar-refractivity contribution in [3.8, 4) is 34.1 Å². The molecule has 5 heteroatoms. The van der Waals surface area contributed by atoms with Crippen LogP contribution in [0, 0.1) is 27.7 Å². The van der Waals surface area contributed by atoms with E-state index in [1.54, 1.807) is 0 Å². The van der Waals surface area contributed by atoms with E-state index in [0.29, 0.717) is 0 Å². The van der Waals surface area contributed by atoms with Crippen LogP contribution >= 0.6 is 0 Å². The van der Waals surface area contributed by atoms with Crippen molar-refractivity contribution in [2.24, 2.45) is 0 Å². The number of nitrogens with zero attached hydrogens (tertiary/aromatic N) is 4. The SMILES string of the molecule is CCc1ccnc(-n2c3ccccc3c3ccc(Oc4cc(C)cc(-n5cc(-c6c(C)cc(C)cc6C)cn5)c4)cc32)c1. The first-order valence-corrected chi connectivity index (χ1v) is 14.8. The minimum Gasteiger partial charge on any atom is -0.457 e. The van der Waals surface area contributed by atoms with Crippen LogP contribution in [-0.4, -0.2) is 19.3 Å². The number of ether oxygens (including phenoxy) is 1. The summed E-state index contributed by atoms with van der Waals surface area (Å²) in [6, 6.07) is 29.7. The van der Waals surface area contributed by atoms with E-state index in [9.17, 15) is 0 Å². The lowest BCUT2D eigenvalue weighted by Gasteiger charge is -2.12. The largest absolute Gasteiger partial charge is 0.457 e. The van der Waals surface area contributed by atoms with Crippen LogP contribution in [0.2, 0.25) is 0 Å². The van der Waals surface area contributed by atoms with Crippen molar-refractivity contribution in [1.82, 2.24) is 19.3 Å². The minimum absolute atomic E-state index is 0.767. The zero-order chi connectivity index (χ0) is 29.7. The Labute approximate surface area is 252 Å². The highest BCUT2D eigenvalue weighted by molar-refractivity contribution is 6.09. The fraction of sp³-hybridized carbons (Fsp3) is 0.158. The first-order valence-electron chi connectivity index (χ1n) is 14.8. The first kappa shape index (κ1) is 26.7. The van der Waals surface area contributed by atoms with Crippen molar-refractivity contribution in [3.63, 3.8) is 0 Å². The summed E-state index contributed by atoms with van der Waals surface area (Å²) in [6.45, 7) is 10.7. The Bertz CT molecular complexity index is 2130. The van der Waals surface area contributed by atoms with E-state index in [4.69, 9.17) is 14.8 Å². The molecule has 0 fully saturated rings. The molecular weight excluding hydrogens is 528 g/mol. The Morgan fingerprint density at radius 1 is 0.721 bits per heavy atom. The molecule has 0 amide bonds. The minimum atomic E-state index is 0.767. The zero-order valence-electron chi connectivity index (χ0n) is 25.2. The summed E-state index contributed by atoms with van der Waals surface area (Å²) >= 11 is 0. The Morgan fingerprint density at radius 3 is 2.30 bits per heavy atom. The Hall–Kier alpha value is -5.16. The highest BCUT2D eigenvalue weighted by Crippen LogP contribution is 2.36. The van der Waals surface area contributed by atoms with E-state index in [1.165, 1.54) is 38.6 Å². The third-order valence-corrected chi connectivity index (χ3v) is 8.18. The van der Waals surface area contributed by atoms with Gasteiger partial charge in [0, 0.05) is 40.9 Å². The van der Waals surface area contributed by atoms with Gasteiger partial charge in [0.15, 0.2) is 0 Å². The predicted molar refractivity (Wildman–Crippen MR) is 176 cm³/mol. The first-order chi connectivity index (χ1) is 20.9. The molecule has 212 valence electrons. The number of aryl methyl sites for hydroxylation is 5. The van der Waals surface area contributed by atoms with Gasteiger partial charge in [0.1, 0.15) is 17.3 Å². The molecule has 7 aromatic rings. The summed E-state index contributed by atoms with van der Waals surface area (Å²) < 4.78 is 10.7. The van der Waals surface area contributed by atoms with Gasteiger partial charge in [-0.05, 0) is 104 Å². The van der Waals surface area contributed by atoms with Crippen molar-refractivity contribution in [2.75, 3.05) is 0 Å². The molecule has 0 bridgehead atoms. The summed E-state index contributed by atoms with van der Waals surface area (Å²) in [7, 11) is 0. The van der Waals surface area contributed by atoms with E-state index in [2.05, 4.69) is 118 Å². The number of fused-ring (bicyclic) bond motifs is 3. The molecule has 43 heavy (non-hydrogen) atoms. The summed E-state index contributed by atoms with van der Waals surface area (Å²) in [5.41, 5.74) is 11.6. The van der Waals surface area contributed by atoms with Gasteiger partial charge in [-0.25, -0.2) is 9.67 Å². The van der Waals surface area contributed by atoms with Crippen LogP contribution in [0.15, 0.2) is 104 Å². The van der Waals surface area contributed by atoms with Gasteiger partial charge in [-0.2, -0.15) is 5.10 Å². The maximum Gasteiger partial charge on any atom is 0.137 e. The molecule has 5 nitrogen and oxygen atoms in total. The number of hydrogen-bond acceptors (Lipinski definition) is 3. The highest BCUT2D eigenvalue weighted by atomic mass is 16.5. The van der Waals surface area contributed by atoms with Crippen molar-refractivity contribution in [1.29, 1.82) is 0 Å². The van der Waals surface area contributed by atoms with Crippen molar-refractivity contribution in [2.45, 2.75) is 41.0 Å². The smallest absolute Gasteiger partial charge is 0.137 e. The molecule has 0 saturated heterocycles. The molecule has 0 spiro atoms. The highest BCUT2D eigenvalue weighted by Gasteiger charge is 2.15. The van der Waals surface area contributed by atoms with Gasteiger partial charge in [0.05, 0.1) is 22.9 Å². The quantitative estimate of drug-likeness (QED) is 0.203. The van der Waals surface area contributed by atoms with Crippen LogP contribution in [-0.2, 0) is 6.42 Å². The standard InChI is InChI=1S/C38H34N4O/c1-6-28-13-14-39-37(19-28)42-35-10-8-7-9-33(35)34-12-11-31(21-36(34)42)43-32-18-25(3)17-30(20-32)41-23-29(22-40-41)38-26(4)15-24(2)16-27(38)5/h7-23H,6H2,1-5H3. The van der Waals surface area contributed by atoms with E-state index < -0.39 is 0 Å². The Balaban J connectivity index is 1.27. The molecular formula is C38H34N4O. The molecule has 0 aliphatic rings. The van der Waals surface area contributed by atoms with E-state index in [0.717, 1.165) is 51.6 Å². The second-order valence-corrected chi connectivity index (χ2v) is 11.5. The average molecular weight is 563 g/mol. The monoisotopic (exact) mass is 562 g/mol. The normalized spacial score (nSPS) is 11.5. The summed E-state index contributed by atoms with van der Waals surface area (Å²) in [5, 5.41) is 7.09. The average Bonchev–Trinajstić information content (AvgIpc) is 3.59. The third-order valence-electron chi connectivity index (χ3n) is 8.18. The van der Waals surface area contributed by atoms with Crippen molar-refractivity contribution in [3.05, 3.63) is 131 Å². The van der Waals surface area contributed by atoms with Gasteiger partial charge in [0.25, 0.3) is 0 Å². The van der Waals surface area contributed by atoms with Gasteiger partial charge in [-0.3, -0.25) is 4.57 Å². The lowest BCUT2D eigenvalue weighted by Crippen LogP contribution is -1.98. The van der Waals surface area contributed by atoms with Gasteiger partial charge in [-0.15, -0.1) is 0 Å². The summed E-state index contributed by atoms with van der Waals surface area (Å²) in [6.07, 6.45) is 6.90. The van der Waals surface area contributed by atoms with Crippen molar-refractivity contribution >= 4 is 21.8 Å². The van der Waals surface area contributed by atoms with Crippen LogP contribution in [0.5, 0.6) is 11.5 Å². The van der Waals surface area contributed by atoms with Crippen LogP contribution < -0.4 is 4.74 Å². The number of hydrogen-bond donors (Lipinski definition) is 0. The lowest BCUT2D eigenvalue weighted by molar-refractivity contribution is 0.482. The van der Waals surface area contributed by atoms with Crippen LogP contribution in [0.3, 0.4) is 0 Å². The molecule has 0 radical (unpaired) electrons. The molecule has 0 saturated carbocycles. The number of para-hydroxylation sites is 1. The number of benzene rings is 4. The number of rotatable bonds is 6. The molecule has 3 heterocycles. The molecule has 0 atom stereocenters. The molecule has 0 aliphatic heterocycles. The summed E-state index contributed by atoms with van der Waals surface area (Å²) in [4.78, 5) is 4.75. The van der Waals surface area contributed by atoms with Gasteiger partial charge < -0.3 is 4.74 Å². The maximum absolute atomic E-state index is 6.53. The topological polar surface area (TPSA) is 44.9 Å². The maximum atomic E-state index is 6.53. The van der Waals surface area contributed by atoms with Crippen LogP contribution in [0.1, 0.15) is 34.7 Å². The predicted octanol–water partition coefficient (Wildman–Crippen LogP) is 9.62. The molecule has 0 unspecified atom stereocenters. The number of pyridine rings is 1. The van der Waals surface area contributed by atoms with Crippen molar-refractivity contribution < 1.29 is 4.74 Å². The molecule has 0 aliphatic carbocycles. The summed E-state index contributed by atoms with van der Waals surface area (Å²) in [5.74, 6) is 2.45.